The fourth-order valence-electron chi connectivity index (χ4n) is 3.21. The van der Waals surface area contributed by atoms with Crippen LogP contribution in [0.3, 0.4) is 0 Å². The maximum atomic E-state index is 13.3. The molecule has 1 heterocycles. The molecular weight excluding hydrogens is 249 g/mol. The van der Waals surface area contributed by atoms with Crippen LogP contribution in [-0.2, 0) is 0 Å². The van der Waals surface area contributed by atoms with Crippen molar-refractivity contribution in [2.45, 2.75) is 24.9 Å². The minimum absolute atomic E-state index is 0.0559. The Morgan fingerprint density at radius 2 is 1.50 bits per heavy atom. The zero-order valence-corrected chi connectivity index (χ0v) is 11.6. The van der Waals surface area contributed by atoms with Crippen LogP contribution in [0.4, 0.5) is 4.39 Å². The fraction of sp³-hybridized carbons (Fsp3) is 0.333. The fourth-order valence-corrected chi connectivity index (χ4v) is 3.21. The minimum Gasteiger partial charge on any atom is -0.287 e. The van der Waals surface area contributed by atoms with Crippen LogP contribution in [0.15, 0.2) is 60.7 Å². The van der Waals surface area contributed by atoms with Crippen molar-refractivity contribution < 1.29 is 4.39 Å². The highest BCUT2D eigenvalue weighted by atomic mass is 19.1. The summed E-state index contributed by atoms with van der Waals surface area (Å²) in [5.74, 6) is 0. The van der Waals surface area contributed by atoms with Crippen molar-refractivity contribution >= 4 is 0 Å². The summed E-state index contributed by atoms with van der Waals surface area (Å²) in [4.78, 5) is 2.32. The lowest BCUT2D eigenvalue weighted by Gasteiger charge is -2.32. The van der Waals surface area contributed by atoms with Crippen LogP contribution in [0, 0.1) is 0 Å². The van der Waals surface area contributed by atoms with Crippen molar-refractivity contribution in [2.24, 2.45) is 0 Å². The normalized spacial score (nSPS) is 19.6. The molecule has 2 heteroatoms. The molecule has 0 radical (unpaired) electrons. The van der Waals surface area contributed by atoms with Crippen LogP contribution < -0.4 is 0 Å². The van der Waals surface area contributed by atoms with Gasteiger partial charge in [-0.15, -0.1) is 0 Å². The van der Waals surface area contributed by atoms with Gasteiger partial charge < -0.3 is 0 Å². The second-order valence-electron chi connectivity index (χ2n) is 5.41. The van der Waals surface area contributed by atoms with Crippen molar-refractivity contribution in [1.82, 2.24) is 4.90 Å². The Hall–Kier alpha value is -1.67. The first kappa shape index (κ1) is 13.3. The Labute approximate surface area is 120 Å². The van der Waals surface area contributed by atoms with Gasteiger partial charge >= 0.3 is 0 Å². The molecule has 104 valence electrons. The molecule has 1 atom stereocenters. The molecule has 0 saturated carbocycles. The molecule has 3 rings (SSSR count). The van der Waals surface area contributed by atoms with Gasteiger partial charge in [0.15, 0.2) is 0 Å². The Morgan fingerprint density at radius 3 is 2.00 bits per heavy atom. The van der Waals surface area contributed by atoms with Gasteiger partial charge in [0.05, 0.1) is 6.04 Å². The van der Waals surface area contributed by atoms with Gasteiger partial charge in [-0.3, -0.25) is 4.90 Å². The van der Waals surface area contributed by atoms with Crippen molar-refractivity contribution in [1.29, 1.82) is 0 Å². The first-order valence-electron chi connectivity index (χ1n) is 7.32. The molecule has 0 unspecified atom stereocenters. The third-order valence-electron chi connectivity index (χ3n) is 4.16. The summed E-state index contributed by atoms with van der Waals surface area (Å²) < 4.78 is 13.3. The minimum atomic E-state index is -0.254. The molecule has 1 nitrogen and oxygen atoms in total. The van der Waals surface area contributed by atoms with Crippen molar-refractivity contribution in [3.8, 4) is 0 Å². The van der Waals surface area contributed by atoms with E-state index in [-0.39, 0.29) is 18.8 Å². The van der Waals surface area contributed by atoms with E-state index in [1.165, 1.54) is 11.1 Å². The number of likely N-dealkylation sites (tertiary alicyclic amines) is 1. The summed E-state index contributed by atoms with van der Waals surface area (Å²) >= 11 is 0. The molecule has 0 aromatic heterocycles. The zero-order chi connectivity index (χ0) is 13.8. The molecule has 2 aromatic rings. The first-order chi connectivity index (χ1) is 9.90. The second kappa shape index (κ2) is 6.19. The van der Waals surface area contributed by atoms with Gasteiger partial charge in [-0.25, -0.2) is 4.39 Å². The molecule has 0 aliphatic carbocycles. The predicted octanol–water partition coefficient (Wildman–Crippen LogP) is 4.21. The lowest BCUT2D eigenvalue weighted by atomic mass is 9.96. The van der Waals surface area contributed by atoms with E-state index in [1.54, 1.807) is 0 Å². The number of alkyl halides is 1. The molecule has 0 spiro atoms. The highest BCUT2D eigenvalue weighted by Gasteiger charge is 2.32. The van der Waals surface area contributed by atoms with Gasteiger partial charge in [-0.1, -0.05) is 60.7 Å². The van der Waals surface area contributed by atoms with E-state index in [2.05, 4.69) is 53.4 Å². The van der Waals surface area contributed by atoms with Gasteiger partial charge in [0, 0.05) is 6.04 Å². The summed E-state index contributed by atoms with van der Waals surface area (Å²) in [5.41, 5.74) is 2.50. The third kappa shape index (κ3) is 2.61. The molecule has 1 aliphatic rings. The van der Waals surface area contributed by atoms with Crippen molar-refractivity contribution in [3.05, 3.63) is 71.8 Å². The Bertz CT molecular complexity index is 486. The standard InChI is InChI=1S/C18H20FN/c19-14-17-12-7-13-20(17)18(15-8-3-1-4-9-15)16-10-5-2-6-11-16/h1-6,8-11,17-18H,7,12-14H2/t17-/m0/s1. The highest BCUT2D eigenvalue weighted by molar-refractivity contribution is 5.32. The Balaban J connectivity index is 2.00. The lowest BCUT2D eigenvalue weighted by molar-refractivity contribution is 0.177. The average molecular weight is 269 g/mol. The average Bonchev–Trinajstić information content (AvgIpc) is 2.98. The summed E-state index contributed by atoms with van der Waals surface area (Å²) in [7, 11) is 0. The molecule has 0 N–H and O–H groups in total. The molecule has 1 aliphatic heterocycles. The summed E-state index contributed by atoms with van der Waals surface area (Å²) in [6, 6.07) is 21.1. The van der Waals surface area contributed by atoms with Crippen molar-refractivity contribution in [3.63, 3.8) is 0 Å². The van der Waals surface area contributed by atoms with E-state index in [9.17, 15) is 4.39 Å². The van der Waals surface area contributed by atoms with Gasteiger partial charge in [-0.05, 0) is 30.5 Å². The predicted molar refractivity (Wildman–Crippen MR) is 80.4 cm³/mol. The molecule has 20 heavy (non-hydrogen) atoms. The number of rotatable bonds is 4. The monoisotopic (exact) mass is 269 g/mol. The summed E-state index contributed by atoms with van der Waals surface area (Å²) in [6.45, 7) is 0.721. The zero-order valence-electron chi connectivity index (χ0n) is 11.6. The maximum absolute atomic E-state index is 13.3. The summed E-state index contributed by atoms with van der Waals surface area (Å²) in [6.07, 6.45) is 2.05. The third-order valence-corrected chi connectivity index (χ3v) is 4.16. The largest absolute Gasteiger partial charge is 0.287 e. The van der Waals surface area contributed by atoms with E-state index in [1.807, 2.05) is 12.1 Å². The second-order valence-corrected chi connectivity index (χ2v) is 5.41. The van der Waals surface area contributed by atoms with E-state index < -0.39 is 0 Å². The number of benzene rings is 2. The van der Waals surface area contributed by atoms with E-state index in [0.29, 0.717) is 0 Å². The molecule has 2 aromatic carbocycles. The van der Waals surface area contributed by atoms with E-state index in [0.717, 1.165) is 19.4 Å². The quantitative estimate of drug-likeness (QED) is 0.803. The van der Waals surface area contributed by atoms with E-state index in [4.69, 9.17) is 0 Å². The molecule has 0 bridgehead atoms. The number of halogens is 1. The van der Waals surface area contributed by atoms with Crippen LogP contribution in [0.1, 0.15) is 30.0 Å². The molecule has 0 amide bonds. The van der Waals surface area contributed by atoms with Crippen LogP contribution in [0.25, 0.3) is 0 Å². The number of nitrogens with zero attached hydrogens (tertiary/aromatic N) is 1. The Morgan fingerprint density at radius 1 is 0.950 bits per heavy atom. The van der Waals surface area contributed by atoms with Gasteiger partial charge in [0.25, 0.3) is 0 Å². The summed E-state index contributed by atoms with van der Waals surface area (Å²) in [5, 5.41) is 0. The number of hydrogen-bond donors (Lipinski definition) is 0. The van der Waals surface area contributed by atoms with Gasteiger partial charge in [0.2, 0.25) is 0 Å². The van der Waals surface area contributed by atoms with Crippen LogP contribution in [-0.4, -0.2) is 24.2 Å². The Kier molecular flexibility index (Phi) is 4.12. The van der Waals surface area contributed by atoms with Gasteiger partial charge in [0.1, 0.15) is 6.67 Å². The van der Waals surface area contributed by atoms with Crippen LogP contribution >= 0.6 is 0 Å². The SMILES string of the molecule is FC[C@@H]1CCCN1C(c1ccccc1)c1ccccc1. The first-order valence-corrected chi connectivity index (χ1v) is 7.32. The maximum Gasteiger partial charge on any atom is 0.105 e. The highest BCUT2D eigenvalue weighted by Crippen LogP contribution is 2.34. The lowest BCUT2D eigenvalue weighted by Crippen LogP contribution is -2.35. The van der Waals surface area contributed by atoms with Crippen LogP contribution in [0.2, 0.25) is 0 Å². The van der Waals surface area contributed by atoms with Crippen molar-refractivity contribution in [2.75, 3.05) is 13.2 Å². The molecule has 1 saturated heterocycles. The van der Waals surface area contributed by atoms with E-state index >= 15 is 0 Å². The smallest absolute Gasteiger partial charge is 0.105 e. The van der Waals surface area contributed by atoms with Gasteiger partial charge in [-0.2, -0.15) is 0 Å². The molecular formula is C18H20FN. The topological polar surface area (TPSA) is 3.24 Å². The van der Waals surface area contributed by atoms with Crippen LogP contribution in [0.5, 0.6) is 0 Å². The number of hydrogen-bond acceptors (Lipinski definition) is 1. The molecule has 1 fully saturated rings.